The lowest BCUT2D eigenvalue weighted by atomic mass is 9.82. The number of hydrogen-bond acceptors (Lipinski definition) is 3. The van der Waals surface area contributed by atoms with Gasteiger partial charge in [0.15, 0.2) is 0 Å². The summed E-state index contributed by atoms with van der Waals surface area (Å²) in [6.07, 6.45) is 4.58. The van der Waals surface area contributed by atoms with E-state index in [0.29, 0.717) is 5.69 Å². The molecule has 2 bridgehead atoms. The molecule has 0 unspecified atom stereocenters. The summed E-state index contributed by atoms with van der Waals surface area (Å²) in [6, 6.07) is 7.24. The topological polar surface area (TPSA) is 69.2 Å². The van der Waals surface area contributed by atoms with Crippen LogP contribution in [0.3, 0.4) is 0 Å². The first kappa shape index (κ1) is 13.4. The van der Waals surface area contributed by atoms with Crippen LogP contribution in [-0.4, -0.2) is 11.9 Å². The van der Waals surface area contributed by atoms with Crippen LogP contribution >= 0.6 is 15.9 Å². The number of allylic oxidation sites excluding steroid dienone is 2. The fourth-order valence-electron chi connectivity index (χ4n) is 3.29. The van der Waals surface area contributed by atoms with Crippen LogP contribution in [0, 0.1) is 23.7 Å². The van der Waals surface area contributed by atoms with Crippen molar-refractivity contribution in [3.8, 4) is 0 Å². The second-order valence-electron chi connectivity index (χ2n) is 5.32. The predicted octanol–water partition coefficient (Wildman–Crippen LogP) is 1.58. The van der Waals surface area contributed by atoms with E-state index in [9.17, 15) is 14.7 Å². The summed E-state index contributed by atoms with van der Waals surface area (Å²) in [6.45, 7) is 0. The van der Waals surface area contributed by atoms with Gasteiger partial charge in [0.25, 0.3) is 0 Å². The lowest BCUT2D eigenvalue weighted by Gasteiger charge is -2.27. The zero-order chi connectivity index (χ0) is 14.3. The molecule has 1 saturated carbocycles. The lowest BCUT2D eigenvalue weighted by molar-refractivity contribution is -0.313. The number of fused-ring (bicyclic) bond motifs is 2. The maximum absolute atomic E-state index is 12.4. The van der Waals surface area contributed by atoms with Gasteiger partial charge in [-0.15, -0.1) is 0 Å². The highest BCUT2D eigenvalue weighted by Crippen LogP contribution is 2.48. The third kappa shape index (κ3) is 2.26. The Balaban J connectivity index is 1.80. The van der Waals surface area contributed by atoms with Gasteiger partial charge in [0, 0.05) is 22.0 Å². The zero-order valence-electron chi connectivity index (χ0n) is 10.6. The van der Waals surface area contributed by atoms with Crippen molar-refractivity contribution in [2.45, 2.75) is 6.42 Å². The standard InChI is InChI=1S/C15H14BrNO3/c16-10-2-1-3-11(7-10)17-14(18)12-8-4-5-9(6-8)13(12)15(19)20/h1-5,7-9,12-13H,6H2,(H,17,18)(H,19,20)/p-1/t8-,9-,12+,13-/m0/s1. The van der Waals surface area contributed by atoms with Crippen LogP contribution in [0.4, 0.5) is 5.69 Å². The van der Waals surface area contributed by atoms with E-state index in [1.165, 1.54) is 0 Å². The number of benzene rings is 1. The van der Waals surface area contributed by atoms with Crippen LogP contribution in [0.25, 0.3) is 0 Å². The average molecular weight is 335 g/mol. The molecule has 3 rings (SSSR count). The van der Waals surface area contributed by atoms with E-state index in [1.54, 1.807) is 12.1 Å². The second-order valence-corrected chi connectivity index (χ2v) is 6.23. The molecule has 2 aliphatic carbocycles. The molecule has 1 N–H and O–H groups in total. The molecule has 0 radical (unpaired) electrons. The van der Waals surface area contributed by atoms with Crippen LogP contribution in [0.5, 0.6) is 0 Å². The summed E-state index contributed by atoms with van der Waals surface area (Å²) >= 11 is 3.34. The highest BCUT2D eigenvalue weighted by molar-refractivity contribution is 9.10. The van der Waals surface area contributed by atoms with Gasteiger partial charge in [0.05, 0.1) is 5.92 Å². The Morgan fingerprint density at radius 3 is 2.55 bits per heavy atom. The molecule has 2 aliphatic rings. The maximum Gasteiger partial charge on any atom is 0.228 e. The van der Waals surface area contributed by atoms with E-state index < -0.39 is 17.8 Å². The van der Waals surface area contributed by atoms with Crippen molar-refractivity contribution in [1.82, 2.24) is 0 Å². The SMILES string of the molecule is O=C([O-])[C@@H]1[C@H](C(=O)Nc2cccc(Br)c2)[C@H]2C=C[C@H]1C2. The van der Waals surface area contributed by atoms with E-state index in [1.807, 2.05) is 24.3 Å². The molecule has 0 aliphatic heterocycles. The van der Waals surface area contributed by atoms with Gasteiger partial charge in [-0.05, 0) is 36.5 Å². The average Bonchev–Trinajstić information content (AvgIpc) is 2.98. The second kappa shape index (κ2) is 5.05. The molecule has 104 valence electrons. The number of carbonyl (C=O) groups is 2. The van der Waals surface area contributed by atoms with Crippen molar-refractivity contribution in [2.75, 3.05) is 5.32 Å². The lowest BCUT2D eigenvalue weighted by Crippen LogP contribution is -2.42. The minimum atomic E-state index is -1.13. The third-order valence-electron chi connectivity index (χ3n) is 4.13. The molecule has 0 spiro atoms. The van der Waals surface area contributed by atoms with Crippen LogP contribution in [0.15, 0.2) is 40.9 Å². The Morgan fingerprint density at radius 2 is 1.90 bits per heavy atom. The molecule has 1 aromatic rings. The Labute approximate surface area is 125 Å². The van der Waals surface area contributed by atoms with Crippen LogP contribution in [0.2, 0.25) is 0 Å². The van der Waals surface area contributed by atoms with E-state index in [4.69, 9.17) is 0 Å². The van der Waals surface area contributed by atoms with Gasteiger partial charge in [-0.2, -0.15) is 0 Å². The maximum atomic E-state index is 12.4. The number of carbonyl (C=O) groups excluding carboxylic acids is 2. The number of carboxylic acid groups (broad SMARTS) is 1. The van der Waals surface area contributed by atoms with Crippen molar-refractivity contribution in [3.05, 3.63) is 40.9 Å². The summed E-state index contributed by atoms with van der Waals surface area (Å²) < 4.78 is 0.861. The van der Waals surface area contributed by atoms with Gasteiger partial charge < -0.3 is 15.2 Å². The van der Waals surface area contributed by atoms with Gasteiger partial charge in [-0.3, -0.25) is 4.79 Å². The van der Waals surface area contributed by atoms with Gasteiger partial charge >= 0.3 is 0 Å². The molecule has 4 nitrogen and oxygen atoms in total. The molecule has 1 aromatic carbocycles. The van der Waals surface area contributed by atoms with Crippen molar-refractivity contribution < 1.29 is 14.7 Å². The van der Waals surface area contributed by atoms with E-state index in [-0.39, 0.29) is 17.7 Å². The van der Waals surface area contributed by atoms with Crippen molar-refractivity contribution in [3.63, 3.8) is 0 Å². The predicted molar refractivity (Wildman–Crippen MR) is 75.5 cm³/mol. The molecule has 20 heavy (non-hydrogen) atoms. The molecule has 4 atom stereocenters. The number of nitrogens with one attached hydrogen (secondary N) is 1. The van der Waals surface area contributed by atoms with E-state index in [2.05, 4.69) is 21.2 Å². The van der Waals surface area contributed by atoms with E-state index >= 15 is 0 Å². The van der Waals surface area contributed by atoms with Crippen LogP contribution in [0.1, 0.15) is 6.42 Å². The van der Waals surface area contributed by atoms with Gasteiger partial charge in [0.1, 0.15) is 0 Å². The van der Waals surface area contributed by atoms with Gasteiger partial charge in [-0.25, -0.2) is 0 Å². The monoisotopic (exact) mass is 334 g/mol. The summed E-state index contributed by atoms with van der Waals surface area (Å²) in [7, 11) is 0. The number of anilines is 1. The van der Waals surface area contributed by atoms with Crippen molar-refractivity contribution >= 4 is 33.5 Å². The molecule has 1 amide bonds. The summed E-state index contributed by atoms with van der Waals surface area (Å²) in [5.41, 5.74) is 0.660. The first-order valence-electron chi connectivity index (χ1n) is 6.52. The number of amides is 1. The molecular weight excluding hydrogens is 322 g/mol. The number of carboxylic acids is 1. The Bertz CT molecular complexity index is 599. The highest BCUT2D eigenvalue weighted by atomic mass is 79.9. The Morgan fingerprint density at radius 1 is 1.20 bits per heavy atom. The van der Waals surface area contributed by atoms with Gasteiger partial charge in [0.2, 0.25) is 5.91 Å². The quantitative estimate of drug-likeness (QED) is 0.853. The first-order valence-corrected chi connectivity index (χ1v) is 7.31. The zero-order valence-corrected chi connectivity index (χ0v) is 12.2. The van der Waals surface area contributed by atoms with Crippen molar-refractivity contribution in [2.24, 2.45) is 23.7 Å². The molecule has 0 heterocycles. The summed E-state index contributed by atoms with van der Waals surface area (Å²) in [5.74, 6) is -2.67. The smallest absolute Gasteiger partial charge is 0.228 e. The third-order valence-corrected chi connectivity index (χ3v) is 4.62. The molecule has 5 heteroatoms. The highest BCUT2D eigenvalue weighted by Gasteiger charge is 2.48. The van der Waals surface area contributed by atoms with Gasteiger partial charge in [-0.1, -0.05) is 34.1 Å². The van der Waals surface area contributed by atoms with Crippen LogP contribution < -0.4 is 10.4 Å². The molecule has 0 aromatic heterocycles. The number of hydrogen-bond donors (Lipinski definition) is 1. The molecule has 1 fully saturated rings. The summed E-state index contributed by atoms with van der Waals surface area (Å²) in [4.78, 5) is 23.7. The number of rotatable bonds is 3. The minimum Gasteiger partial charge on any atom is -0.550 e. The largest absolute Gasteiger partial charge is 0.550 e. The number of aliphatic carboxylic acids is 1. The summed E-state index contributed by atoms with van der Waals surface area (Å²) in [5, 5.41) is 14.1. The Hall–Kier alpha value is -1.62. The number of halogens is 1. The van der Waals surface area contributed by atoms with E-state index in [0.717, 1.165) is 10.9 Å². The minimum absolute atomic E-state index is 0.00931. The normalized spacial score (nSPS) is 30.4. The molecular formula is C15H13BrNO3-. The van der Waals surface area contributed by atoms with Crippen LogP contribution in [-0.2, 0) is 9.59 Å². The fourth-order valence-corrected chi connectivity index (χ4v) is 3.69. The fraction of sp³-hybridized carbons (Fsp3) is 0.333. The molecule has 0 saturated heterocycles. The Kier molecular flexibility index (Phi) is 3.38. The van der Waals surface area contributed by atoms with Crippen molar-refractivity contribution in [1.29, 1.82) is 0 Å². The first-order chi connectivity index (χ1) is 9.56.